The maximum Gasteiger partial charge on any atom is 0.341 e. The highest BCUT2D eigenvalue weighted by Crippen LogP contribution is 2.40. The van der Waals surface area contributed by atoms with Crippen LogP contribution in [0.5, 0.6) is 0 Å². The van der Waals surface area contributed by atoms with Crippen molar-refractivity contribution in [2.24, 2.45) is 10.9 Å². The van der Waals surface area contributed by atoms with Gasteiger partial charge in [-0.3, -0.25) is 4.79 Å². The Morgan fingerprint density at radius 2 is 2.19 bits per heavy atom. The smallest absolute Gasteiger partial charge is 0.341 e. The van der Waals surface area contributed by atoms with Gasteiger partial charge in [-0.2, -0.15) is 4.99 Å². The highest BCUT2D eigenvalue weighted by atomic mass is 16.5. The molecule has 2 aliphatic rings. The third-order valence-corrected chi connectivity index (χ3v) is 5.69. The maximum atomic E-state index is 12.2. The summed E-state index contributed by atoms with van der Waals surface area (Å²) < 4.78 is 5.17. The van der Waals surface area contributed by atoms with Crippen LogP contribution in [0.4, 0.5) is 5.69 Å². The highest BCUT2D eigenvalue weighted by Gasteiger charge is 2.31. The van der Waals surface area contributed by atoms with E-state index in [0.717, 1.165) is 53.5 Å². The van der Waals surface area contributed by atoms with Gasteiger partial charge in [-0.25, -0.2) is 9.59 Å². The molecule has 1 unspecified atom stereocenters. The van der Waals surface area contributed by atoms with E-state index in [1.807, 2.05) is 13.8 Å². The molecule has 1 aromatic carbocycles. The molecule has 3 rings (SSSR count). The van der Waals surface area contributed by atoms with E-state index < -0.39 is 11.9 Å². The number of hydrogen-bond donors (Lipinski definition) is 1. The number of fused-ring (bicyclic) bond motifs is 1. The maximum absolute atomic E-state index is 12.2. The quantitative estimate of drug-likeness (QED) is 0.355. The summed E-state index contributed by atoms with van der Waals surface area (Å²) in [7, 11) is 0. The van der Waals surface area contributed by atoms with Gasteiger partial charge in [0.15, 0.2) is 0 Å². The average molecular weight is 369 g/mol. The van der Waals surface area contributed by atoms with Crippen molar-refractivity contribution in [1.82, 2.24) is 0 Å². The number of hydrogen-bond acceptors (Lipinski definition) is 5. The van der Waals surface area contributed by atoms with Gasteiger partial charge in [0.05, 0.1) is 17.7 Å². The minimum absolute atomic E-state index is 0.0612. The Kier molecular flexibility index (Phi) is 5.57. The zero-order chi connectivity index (χ0) is 19.6. The number of ether oxygens (including phenoxy) is 1. The molecule has 1 heterocycles. The van der Waals surface area contributed by atoms with Crippen molar-refractivity contribution in [3.05, 3.63) is 39.5 Å². The van der Waals surface area contributed by atoms with Crippen LogP contribution in [0.3, 0.4) is 0 Å². The third kappa shape index (κ3) is 3.58. The minimum atomic E-state index is -0.788. The van der Waals surface area contributed by atoms with Crippen LogP contribution in [-0.2, 0) is 33.8 Å². The molecule has 0 saturated heterocycles. The van der Waals surface area contributed by atoms with E-state index in [9.17, 15) is 14.4 Å². The largest absolute Gasteiger partial charge is 0.481 e. The van der Waals surface area contributed by atoms with Gasteiger partial charge in [-0.1, -0.05) is 18.6 Å². The Labute approximate surface area is 157 Å². The summed E-state index contributed by atoms with van der Waals surface area (Å²) in [5.41, 5.74) is 5.57. The van der Waals surface area contributed by atoms with E-state index in [4.69, 9.17) is 9.84 Å². The molecular weight excluding hydrogens is 346 g/mol. The van der Waals surface area contributed by atoms with Crippen molar-refractivity contribution in [2.45, 2.75) is 59.0 Å². The number of rotatable bonds is 6. The molecular formula is C21H23NO5. The number of carboxylic acid groups (broad SMARTS) is 1. The van der Waals surface area contributed by atoms with Crippen LogP contribution in [-0.4, -0.2) is 23.1 Å². The van der Waals surface area contributed by atoms with Crippen molar-refractivity contribution in [2.75, 3.05) is 0 Å². The third-order valence-electron chi connectivity index (χ3n) is 5.69. The van der Waals surface area contributed by atoms with Crippen molar-refractivity contribution in [1.29, 1.82) is 0 Å². The topological polar surface area (TPSA) is 93.0 Å². The molecule has 0 spiro atoms. The van der Waals surface area contributed by atoms with Crippen LogP contribution in [0.2, 0.25) is 0 Å². The molecule has 1 fully saturated rings. The van der Waals surface area contributed by atoms with Gasteiger partial charge in [0.1, 0.15) is 6.61 Å². The molecule has 1 aliphatic heterocycles. The molecule has 6 heteroatoms. The Hall–Kier alpha value is -2.72. The molecule has 1 aliphatic carbocycles. The Morgan fingerprint density at radius 3 is 2.85 bits per heavy atom. The van der Waals surface area contributed by atoms with Crippen LogP contribution < -0.4 is 0 Å². The highest BCUT2D eigenvalue weighted by molar-refractivity contribution is 6.00. The number of allylic oxidation sites excluding steroid dienone is 2. The number of benzene rings is 1. The number of cyclic esters (lactones) is 1. The molecule has 1 N–H and O–H groups in total. The number of isocyanates is 1. The number of carbonyl (C=O) groups excluding carboxylic acids is 2. The van der Waals surface area contributed by atoms with E-state index in [-0.39, 0.29) is 18.9 Å². The summed E-state index contributed by atoms with van der Waals surface area (Å²) in [6, 6.07) is 0. The predicted molar refractivity (Wildman–Crippen MR) is 98.8 cm³/mol. The number of nitrogens with zero attached hydrogens (tertiary/aromatic N) is 1. The first-order chi connectivity index (χ1) is 13.0. The van der Waals surface area contributed by atoms with E-state index in [2.05, 4.69) is 11.1 Å². The summed E-state index contributed by atoms with van der Waals surface area (Å²) in [5, 5.41) is 9.11. The minimum Gasteiger partial charge on any atom is -0.481 e. The standard InChI is InChI=1S/C21H23NO5/c1-3-15-12(2)17-10-27-21(26)19(17)20(22-11-23)16(15)8-7-13-5-4-6-14(13)9-18(24)25/h7,14H,3-6,8-10H2,1-2H3,(H,24,25). The molecule has 1 atom stereocenters. The molecule has 142 valence electrons. The molecule has 0 radical (unpaired) electrons. The first-order valence-corrected chi connectivity index (χ1v) is 9.30. The summed E-state index contributed by atoms with van der Waals surface area (Å²) in [5.74, 6) is -1.18. The lowest BCUT2D eigenvalue weighted by atomic mass is 9.87. The first kappa shape index (κ1) is 19.1. The lowest BCUT2D eigenvalue weighted by Crippen LogP contribution is -2.07. The van der Waals surface area contributed by atoms with Gasteiger partial charge in [0, 0.05) is 5.56 Å². The van der Waals surface area contributed by atoms with Gasteiger partial charge >= 0.3 is 11.9 Å². The zero-order valence-electron chi connectivity index (χ0n) is 15.6. The van der Waals surface area contributed by atoms with Crippen LogP contribution >= 0.6 is 0 Å². The second-order valence-electron chi connectivity index (χ2n) is 7.09. The normalized spacial score (nSPS) is 19.7. The number of aliphatic carboxylic acids is 1. The predicted octanol–water partition coefficient (Wildman–Crippen LogP) is 3.94. The van der Waals surface area contributed by atoms with Gasteiger partial charge in [-0.15, -0.1) is 0 Å². The Bertz CT molecular complexity index is 877. The lowest BCUT2D eigenvalue weighted by Gasteiger charge is -2.17. The molecule has 27 heavy (non-hydrogen) atoms. The number of aliphatic imine (C=N–C) groups is 1. The molecule has 0 amide bonds. The summed E-state index contributed by atoms with van der Waals surface area (Å²) in [4.78, 5) is 38.2. The fourth-order valence-electron chi connectivity index (χ4n) is 4.40. The molecule has 0 aromatic heterocycles. The van der Waals surface area contributed by atoms with Crippen molar-refractivity contribution < 1.29 is 24.2 Å². The van der Waals surface area contributed by atoms with Gasteiger partial charge in [0.2, 0.25) is 6.08 Å². The second kappa shape index (κ2) is 7.89. The summed E-state index contributed by atoms with van der Waals surface area (Å²) in [6.07, 6.45) is 7.78. The number of carboxylic acids is 1. The monoisotopic (exact) mass is 369 g/mol. The Balaban J connectivity index is 2.07. The van der Waals surface area contributed by atoms with Crippen LogP contribution in [0.25, 0.3) is 0 Å². The summed E-state index contributed by atoms with van der Waals surface area (Å²) >= 11 is 0. The fraction of sp³-hybridized carbons (Fsp3) is 0.476. The Morgan fingerprint density at radius 1 is 1.41 bits per heavy atom. The van der Waals surface area contributed by atoms with Gasteiger partial charge in [0.25, 0.3) is 0 Å². The lowest BCUT2D eigenvalue weighted by molar-refractivity contribution is -0.137. The van der Waals surface area contributed by atoms with Crippen molar-refractivity contribution in [3.63, 3.8) is 0 Å². The van der Waals surface area contributed by atoms with Crippen LogP contribution in [0.15, 0.2) is 16.6 Å². The molecule has 0 bridgehead atoms. The van der Waals surface area contributed by atoms with E-state index in [1.165, 1.54) is 0 Å². The van der Waals surface area contributed by atoms with Crippen molar-refractivity contribution in [3.8, 4) is 0 Å². The van der Waals surface area contributed by atoms with E-state index in [0.29, 0.717) is 17.7 Å². The zero-order valence-corrected chi connectivity index (χ0v) is 15.6. The van der Waals surface area contributed by atoms with Gasteiger partial charge in [-0.05, 0) is 61.6 Å². The second-order valence-corrected chi connectivity index (χ2v) is 7.09. The SMILES string of the molecule is CCc1c(C)c2c(c(N=C=O)c1CC=C1CCCC1CC(=O)O)C(=O)OC2. The van der Waals surface area contributed by atoms with E-state index >= 15 is 0 Å². The van der Waals surface area contributed by atoms with Crippen molar-refractivity contribution >= 4 is 23.7 Å². The van der Waals surface area contributed by atoms with Crippen LogP contribution in [0.1, 0.15) is 65.2 Å². The molecule has 6 nitrogen and oxygen atoms in total. The first-order valence-electron chi connectivity index (χ1n) is 9.30. The van der Waals surface area contributed by atoms with Crippen LogP contribution in [0, 0.1) is 12.8 Å². The number of esters is 1. The van der Waals surface area contributed by atoms with Gasteiger partial charge < -0.3 is 9.84 Å². The van der Waals surface area contributed by atoms with E-state index in [1.54, 1.807) is 6.08 Å². The average Bonchev–Trinajstić information content (AvgIpc) is 3.22. The molecule has 1 aromatic rings. The summed E-state index contributed by atoms with van der Waals surface area (Å²) in [6.45, 7) is 4.20. The molecule has 1 saturated carbocycles. The fourth-order valence-corrected chi connectivity index (χ4v) is 4.40. The number of carbonyl (C=O) groups is 2.